The zero-order valence-electron chi connectivity index (χ0n) is 14.7. The van der Waals surface area contributed by atoms with Gasteiger partial charge in [-0.2, -0.15) is 0 Å². The number of hydrogen-bond acceptors (Lipinski definition) is 7. The third kappa shape index (κ3) is 3.64. The summed E-state index contributed by atoms with van der Waals surface area (Å²) in [5.74, 6) is -2.31. The van der Waals surface area contributed by atoms with Crippen LogP contribution in [0.4, 0.5) is 0 Å². The fourth-order valence-corrected chi connectivity index (χ4v) is 2.39. The number of carbonyl (C=O) groups is 2. The monoisotopic (exact) mass is 362 g/mol. The fourth-order valence-electron chi connectivity index (χ4n) is 2.39. The van der Waals surface area contributed by atoms with Crippen molar-refractivity contribution < 1.29 is 38.7 Å². The number of hydrogen-bond donors (Lipinski definition) is 2. The van der Waals surface area contributed by atoms with Crippen LogP contribution in [0.15, 0.2) is 24.3 Å². The lowest BCUT2D eigenvalue weighted by atomic mass is 10.1. The highest BCUT2D eigenvalue weighted by atomic mass is 16.5. The molecular formula is C18H18O8. The minimum absolute atomic E-state index is 0.0298. The van der Waals surface area contributed by atoms with E-state index in [0.717, 1.165) is 6.07 Å². The van der Waals surface area contributed by atoms with Gasteiger partial charge >= 0.3 is 11.9 Å². The van der Waals surface area contributed by atoms with Crippen molar-refractivity contribution in [2.75, 3.05) is 21.3 Å². The molecule has 0 radical (unpaired) electrons. The Kier molecular flexibility index (Phi) is 5.56. The highest BCUT2D eigenvalue weighted by Gasteiger charge is 2.25. The number of phenolic OH excluding ortho intramolecular Hbond substituents is 1. The number of aromatic hydroxyl groups is 1. The van der Waals surface area contributed by atoms with Crippen molar-refractivity contribution in [3.8, 4) is 28.7 Å². The molecule has 0 fully saturated rings. The average molecular weight is 362 g/mol. The average Bonchev–Trinajstić information content (AvgIpc) is 2.60. The number of carboxylic acid groups (broad SMARTS) is 1. The van der Waals surface area contributed by atoms with E-state index in [1.54, 1.807) is 13.0 Å². The Morgan fingerprint density at radius 1 is 0.923 bits per heavy atom. The van der Waals surface area contributed by atoms with Gasteiger partial charge in [-0.15, -0.1) is 0 Å². The Morgan fingerprint density at radius 2 is 1.54 bits per heavy atom. The second-order valence-corrected chi connectivity index (χ2v) is 5.26. The van der Waals surface area contributed by atoms with Gasteiger partial charge < -0.3 is 29.2 Å². The van der Waals surface area contributed by atoms with Gasteiger partial charge in [-0.25, -0.2) is 9.59 Å². The molecule has 2 aromatic carbocycles. The van der Waals surface area contributed by atoms with Gasteiger partial charge in [0, 0.05) is 6.07 Å². The van der Waals surface area contributed by atoms with Crippen molar-refractivity contribution in [1.29, 1.82) is 0 Å². The number of benzene rings is 2. The number of aryl methyl sites for hydroxylation is 1. The van der Waals surface area contributed by atoms with E-state index in [2.05, 4.69) is 4.74 Å². The molecule has 0 unspecified atom stereocenters. The van der Waals surface area contributed by atoms with Gasteiger partial charge in [0.05, 0.1) is 21.3 Å². The number of phenols is 1. The first-order valence-electron chi connectivity index (χ1n) is 7.41. The standard InChI is InChI=1S/C18H18O8/c1-9-5-12(23-2)15(17(20)21)13(6-9)26-16-11(18(22)25-4)7-10(19)8-14(16)24-3/h5-8,19H,1-4H3,(H,20,21). The summed E-state index contributed by atoms with van der Waals surface area (Å²) in [6, 6.07) is 5.40. The normalized spacial score (nSPS) is 10.2. The predicted octanol–water partition coefficient (Wildman–Crippen LogP) is 2.99. The van der Waals surface area contributed by atoms with Crippen molar-refractivity contribution in [3.05, 3.63) is 41.0 Å². The molecule has 2 N–H and O–H groups in total. The maximum atomic E-state index is 12.0. The summed E-state index contributed by atoms with van der Waals surface area (Å²) in [6.07, 6.45) is 0. The van der Waals surface area contributed by atoms with Crippen molar-refractivity contribution in [3.63, 3.8) is 0 Å². The van der Waals surface area contributed by atoms with E-state index < -0.39 is 11.9 Å². The molecule has 0 bridgehead atoms. The fraction of sp³-hybridized carbons (Fsp3) is 0.222. The highest BCUT2D eigenvalue weighted by molar-refractivity contribution is 5.96. The van der Waals surface area contributed by atoms with Crippen LogP contribution in [0.25, 0.3) is 0 Å². The molecular weight excluding hydrogens is 344 g/mol. The van der Waals surface area contributed by atoms with Gasteiger partial charge in [-0.3, -0.25) is 0 Å². The molecule has 0 spiro atoms. The number of methoxy groups -OCH3 is 3. The SMILES string of the molecule is COC(=O)c1cc(O)cc(OC)c1Oc1cc(C)cc(OC)c1C(=O)O. The third-order valence-electron chi connectivity index (χ3n) is 3.52. The molecule has 8 nitrogen and oxygen atoms in total. The van der Waals surface area contributed by atoms with Crippen LogP contribution in [-0.4, -0.2) is 43.5 Å². The van der Waals surface area contributed by atoms with Crippen molar-refractivity contribution in [2.24, 2.45) is 0 Å². The zero-order chi connectivity index (χ0) is 19.4. The van der Waals surface area contributed by atoms with Crippen LogP contribution < -0.4 is 14.2 Å². The van der Waals surface area contributed by atoms with E-state index in [0.29, 0.717) is 5.56 Å². The summed E-state index contributed by atoms with van der Waals surface area (Å²) in [5, 5.41) is 19.3. The van der Waals surface area contributed by atoms with Gasteiger partial charge in [-0.1, -0.05) is 0 Å². The summed E-state index contributed by atoms with van der Waals surface area (Å²) in [4.78, 5) is 23.7. The van der Waals surface area contributed by atoms with Crippen LogP contribution in [0.1, 0.15) is 26.3 Å². The maximum Gasteiger partial charge on any atom is 0.343 e. The highest BCUT2D eigenvalue weighted by Crippen LogP contribution is 2.41. The smallest absolute Gasteiger partial charge is 0.343 e. The molecule has 0 amide bonds. The zero-order valence-corrected chi connectivity index (χ0v) is 14.7. The van der Waals surface area contributed by atoms with E-state index >= 15 is 0 Å². The molecule has 8 heteroatoms. The summed E-state index contributed by atoms with van der Waals surface area (Å²) in [6.45, 7) is 1.73. The molecule has 0 atom stereocenters. The first kappa shape index (κ1) is 18.9. The Balaban J connectivity index is 2.71. The van der Waals surface area contributed by atoms with Gasteiger partial charge in [0.1, 0.15) is 28.4 Å². The lowest BCUT2D eigenvalue weighted by Gasteiger charge is -2.17. The minimum Gasteiger partial charge on any atom is -0.508 e. The summed E-state index contributed by atoms with van der Waals surface area (Å²) in [7, 11) is 3.82. The predicted molar refractivity (Wildman–Crippen MR) is 90.8 cm³/mol. The Morgan fingerprint density at radius 3 is 2.08 bits per heavy atom. The molecule has 0 aliphatic heterocycles. The van der Waals surface area contributed by atoms with Crippen LogP contribution in [0.3, 0.4) is 0 Å². The first-order valence-corrected chi connectivity index (χ1v) is 7.41. The van der Waals surface area contributed by atoms with E-state index in [4.69, 9.17) is 14.2 Å². The van der Waals surface area contributed by atoms with E-state index in [1.807, 2.05) is 0 Å². The lowest BCUT2D eigenvalue weighted by molar-refractivity contribution is 0.0596. The van der Waals surface area contributed by atoms with E-state index in [-0.39, 0.29) is 39.9 Å². The Labute approximate surface area is 149 Å². The van der Waals surface area contributed by atoms with Crippen molar-refractivity contribution >= 4 is 11.9 Å². The van der Waals surface area contributed by atoms with Crippen LogP contribution in [0.5, 0.6) is 28.7 Å². The van der Waals surface area contributed by atoms with E-state index in [1.165, 1.54) is 33.5 Å². The molecule has 0 aromatic heterocycles. The van der Waals surface area contributed by atoms with Gasteiger partial charge in [-0.05, 0) is 30.7 Å². The molecule has 0 aliphatic carbocycles. The van der Waals surface area contributed by atoms with Crippen molar-refractivity contribution in [1.82, 2.24) is 0 Å². The number of aromatic carboxylic acids is 1. The number of carbonyl (C=O) groups excluding carboxylic acids is 1. The third-order valence-corrected chi connectivity index (χ3v) is 3.52. The Bertz CT molecular complexity index is 857. The number of rotatable bonds is 6. The maximum absolute atomic E-state index is 12.0. The van der Waals surface area contributed by atoms with E-state index in [9.17, 15) is 19.8 Å². The van der Waals surface area contributed by atoms with Crippen LogP contribution in [-0.2, 0) is 4.74 Å². The molecule has 0 heterocycles. The summed E-state index contributed by atoms with van der Waals surface area (Å²) >= 11 is 0. The Hall–Kier alpha value is -3.42. The molecule has 2 rings (SSSR count). The van der Waals surface area contributed by atoms with Crippen molar-refractivity contribution in [2.45, 2.75) is 6.92 Å². The molecule has 0 saturated carbocycles. The topological polar surface area (TPSA) is 112 Å². The number of ether oxygens (including phenoxy) is 4. The molecule has 26 heavy (non-hydrogen) atoms. The number of carboxylic acids is 1. The first-order chi connectivity index (χ1) is 12.3. The molecule has 0 saturated heterocycles. The van der Waals surface area contributed by atoms with Crippen LogP contribution >= 0.6 is 0 Å². The van der Waals surface area contributed by atoms with Gasteiger partial charge in [0.15, 0.2) is 11.5 Å². The second-order valence-electron chi connectivity index (χ2n) is 5.26. The van der Waals surface area contributed by atoms with Gasteiger partial charge in [0.25, 0.3) is 0 Å². The van der Waals surface area contributed by atoms with Crippen LogP contribution in [0.2, 0.25) is 0 Å². The lowest BCUT2D eigenvalue weighted by Crippen LogP contribution is -2.08. The number of esters is 1. The second kappa shape index (κ2) is 7.64. The quantitative estimate of drug-likeness (QED) is 0.754. The minimum atomic E-state index is -1.27. The van der Waals surface area contributed by atoms with Crippen LogP contribution in [0, 0.1) is 6.92 Å². The summed E-state index contributed by atoms with van der Waals surface area (Å²) < 4.78 is 20.7. The molecule has 138 valence electrons. The molecule has 2 aromatic rings. The summed E-state index contributed by atoms with van der Waals surface area (Å²) in [5.41, 5.74) is 0.337. The van der Waals surface area contributed by atoms with Gasteiger partial charge in [0.2, 0.25) is 0 Å². The molecule has 0 aliphatic rings. The largest absolute Gasteiger partial charge is 0.508 e.